The van der Waals surface area contributed by atoms with Crippen LogP contribution in [0.1, 0.15) is 38.5 Å². The van der Waals surface area contributed by atoms with Gasteiger partial charge < -0.3 is 20.1 Å². The first-order valence-corrected chi connectivity index (χ1v) is 13.5. The number of phenolic OH excluding ortho intramolecular Hbond substituents is 1. The number of hydrogen-bond donors (Lipinski definition) is 2. The van der Waals surface area contributed by atoms with Gasteiger partial charge in [-0.05, 0) is 73.1 Å². The Balaban J connectivity index is 1.44. The van der Waals surface area contributed by atoms with Gasteiger partial charge in [-0.25, -0.2) is 4.39 Å². The molecule has 0 radical (unpaired) electrons. The van der Waals surface area contributed by atoms with E-state index in [0.717, 1.165) is 62.4 Å². The molecule has 2 unspecified atom stereocenters. The lowest BCUT2D eigenvalue weighted by Gasteiger charge is -2.34. The number of aromatic hydroxyl groups is 1. The van der Waals surface area contributed by atoms with Crippen LogP contribution in [0.25, 0.3) is 32.8 Å². The van der Waals surface area contributed by atoms with Gasteiger partial charge in [0.05, 0.1) is 5.02 Å². The van der Waals surface area contributed by atoms with Gasteiger partial charge >= 0.3 is 6.01 Å². The van der Waals surface area contributed by atoms with E-state index in [0.29, 0.717) is 28.9 Å². The Kier molecular flexibility index (Phi) is 5.59. The number of benzene rings is 3. The summed E-state index contributed by atoms with van der Waals surface area (Å²) in [5, 5.41) is 16.5. The van der Waals surface area contributed by atoms with Gasteiger partial charge in [-0.1, -0.05) is 35.9 Å². The fourth-order valence-electron chi connectivity index (χ4n) is 6.33. The Hall–Kier alpha value is -3.16. The summed E-state index contributed by atoms with van der Waals surface area (Å²) in [6, 6.07) is 13.6. The fraction of sp³-hybridized carbons (Fsp3) is 0.379. The summed E-state index contributed by atoms with van der Waals surface area (Å²) >= 11 is 6.81. The maximum Gasteiger partial charge on any atom is 0.319 e. The Bertz CT molecular complexity index is 1510. The summed E-state index contributed by atoms with van der Waals surface area (Å²) < 4.78 is 22.7. The predicted octanol–water partition coefficient (Wildman–Crippen LogP) is 6.21. The molecule has 2 N–H and O–H groups in total. The zero-order chi connectivity index (χ0) is 25.1. The number of anilines is 1. The second-order valence-electron chi connectivity index (χ2n) is 10.6. The molecular weight excluding hydrogens is 491 g/mol. The van der Waals surface area contributed by atoms with Crippen molar-refractivity contribution in [1.82, 2.24) is 15.3 Å². The van der Waals surface area contributed by atoms with Gasteiger partial charge in [-0.2, -0.15) is 9.97 Å². The molecule has 1 saturated carbocycles. The van der Waals surface area contributed by atoms with Crippen LogP contribution >= 0.6 is 11.6 Å². The molecule has 1 aliphatic carbocycles. The summed E-state index contributed by atoms with van der Waals surface area (Å²) in [5.74, 6) is 0.190. The van der Waals surface area contributed by atoms with Crippen LogP contribution in [0.3, 0.4) is 0 Å². The Morgan fingerprint density at radius 1 is 0.973 bits per heavy atom. The summed E-state index contributed by atoms with van der Waals surface area (Å²) in [6.45, 7) is 1.59. The number of fused-ring (bicyclic) bond motifs is 4. The molecule has 2 atom stereocenters. The number of nitrogens with zero attached hydrogens (tertiary/aromatic N) is 3. The first-order chi connectivity index (χ1) is 18.0. The van der Waals surface area contributed by atoms with Crippen molar-refractivity contribution in [2.45, 2.75) is 56.7 Å². The molecule has 1 aromatic heterocycles. The topological polar surface area (TPSA) is 70.5 Å². The highest BCUT2D eigenvalue weighted by Gasteiger charge is 2.34. The third-order valence-electron chi connectivity index (χ3n) is 8.05. The highest BCUT2D eigenvalue weighted by atomic mass is 35.5. The molecule has 8 heteroatoms. The van der Waals surface area contributed by atoms with E-state index in [9.17, 15) is 5.11 Å². The molecule has 0 amide bonds. The molecule has 37 heavy (non-hydrogen) atoms. The fourth-order valence-corrected chi connectivity index (χ4v) is 6.62. The third-order valence-corrected chi connectivity index (χ3v) is 8.35. The Morgan fingerprint density at radius 2 is 1.73 bits per heavy atom. The molecular formula is C29H28ClFN4O2. The van der Waals surface area contributed by atoms with Crippen LogP contribution in [0.15, 0.2) is 42.5 Å². The van der Waals surface area contributed by atoms with E-state index in [2.05, 4.69) is 15.2 Å². The van der Waals surface area contributed by atoms with Gasteiger partial charge in [0.15, 0.2) is 5.82 Å². The van der Waals surface area contributed by atoms with Crippen LogP contribution in [0, 0.1) is 5.82 Å². The average Bonchev–Trinajstić information content (AvgIpc) is 3.52. The van der Waals surface area contributed by atoms with Crippen molar-refractivity contribution in [2.24, 2.45) is 0 Å². The van der Waals surface area contributed by atoms with Crippen molar-refractivity contribution >= 4 is 39.1 Å². The number of piperazine rings is 1. The highest BCUT2D eigenvalue weighted by molar-refractivity contribution is 6.35. The molecule has 6 nitrogen and oxygen atoms in total. The molecule has 3 fully saturated rings. The van der Waals surface area contributed by atoms with Gasteiger partial charge in [0.25, 0.3) is 0 Å². The minimum absolute atomic E-state index is 0.0502. The zero-order valence-electron chi connectivity index (χ0n) is 20.4. The average molecular weight is 519 g/mol. The maximum absolute atomic E-state index is 16.5. The second-order valence-corrected chi connectivity index (χ2v) is 11.0. The van der Waals surface area contributed by atoms with Crippen LogP contribution < -0.4 is 15.0 Å². The van der Waals surface area contributed by atoms with E-state index >= 15 is 4.39 Å². The highest BCUT2D eigenvalue weighted by Crippen LogP contribution is 2.43. The number of halogens is 2. The van der Waals surface area contributed by atoms with E-state index in [1.165, 1.54) is 0 Å². The number of nitrogens with one attached hydrogen (secondary N) is 1. The quantitative estimate of drug-likeness (QED) is 0.335. The van der Waals surface area contributed by atoms with Crippen LogP contribution in [0.2, 0.25) is 5.02 Å². The number of aromatic nitrogens is 2. The molecule has 3 heterocycles. The minimum Gasteiger partial charge on any atom is -0.508 e. The van der Waals surface area contributed by atoms with Crippen molar-refractivity contribution in [3.05, 3.63) is 53.3 Å². The SMILES string of the molecule is Oc1cc(-c2c(Cl)cc3c(N4CC5CCC(C4)N5)nc(OC4CCCC4)nc3c2F)c2ccccc2c1. The van der Waals surface area contributed by atoms with Crippen LogP contribution in [-0.4, -0.2) is 46.4 Å². The summed E-state index contributed by atoms with van der Waals surface area (Å²) in [4.78, 5) is 11.7. The molecule has 190 valence electrons. The predicted molar refractivity (Wildman–Crippen MR) is 144 cm³/mol. The summed E-state index contributed by atoms with van der Waals surface area (Å²) in [7, 11) is 0. The number of rotatable bonds is 4. The minimum atomic E-state index is -0.531. The Morgan fingerprint density at radius 3 is 2.51 bits per heavy atom. The summed E-state index contributed by atoms with van der Waals surface area (Å²) in [5.41, 5.74) is 0.937. The van der Waals surface area contributed by atoms with E-state index in [4.69, 9.17) is 21.3 Å². The van der Waals surface area contributed by atoms with Gasteiger partial charge in [0, 0.05) is 36.1 Å². The normalized spacial score (nSPS) is 21.8. The second kappa shape index (κ2) is 8.99. The molecule has 7 rings (SSSR count). The van der Waals surface area contributed by atoms with Crippen molar-refractivity contribution in [3.63, 3.8) is 0 Å². The van der Waals surface area contributed by atoms with Gasteiger partial charge in [0.2, 0.25) is 0 Å². The molecule has 0 spiro atoms. The van der Waals surface area contributed by atoms with E-state index < -0.39 is 5.82 Å². The van der Waals surface area contributed by atoms with Gasteiger partial charge in [-0.15, -0.1) is 0 Å². The number of hydrogen-bond acceptors (Lipinski definition) is 6. The lowest BCUT2D eigenvalue weighted by molar-refractivity contribution is 0.193. The smallest absolute Gasteiger partial charge is 0.319 e. The molecule has 2 aliphatic heterocycles. The third kappa shape index (κ3) is 4.05. The molecule has 2 bridgehead atoms. The molecule has 2 saturated heterocycles. The van der Waals surface area contributed by atoms with Gasteiger partial charge in [-0.3, -0.25) is 0 Å². The summed E-state index contributed by atoms with van der Waals surface area (Å²) in [6.07, 6.45) is 6.44. The molecule has 3 aliphatic rings. The van der Waals surface area contributed by atoms with Crippen molar-refractivity contribution < 1.29 is 14.2 Å². The molecule has 4 aromatic rings. The van der Waals surface area contributed by atoms with Crippen molar-refractivity contribution in [3.8, 4) is 22.9 Å². The lowest BCUT2D eigenvalue weighted by atomic mass is 9.96. The number of ether oxygens (including phenoxy) is 1. The van der Waals surface area contributed by atoms with Crippen LogP contribution in [-0.2, 0) is 0 Å². The standard InChI is InChI=1S/C29H28ClFN4O2/c30-24-13-23-27(26(31)25(24)22-12-19(36)11-16-5-1-4-8-21(16)22)33-29(37-20-6-2-3-7-20)34-28(23)35-14-17-9-10-18(15-35)32-17/h1,4-5,8,11-13,17-18,20,32,36H,2-3,6-7,9-10,14-15H2. The van der Waals surface area contributed by atoms with Crippen LogP contribution in [0.5, 0.6) is 11.8 Å². The maximum atomic E-state index is 16.5. The van der Waals surface area contributed by atoms with Gasteiger partial charge in [0.1, 0.15) is 23.2 Å². The lowest BCUT2D eigenvalue weighted by Crippen LogP contribution is -2.51. The Labute approximate surface area is 219 Å². The number of phenols is 1. The molecule has 3 aromatic carbocycles. The zero-order valence-corrected chi connectivity index (χ0v) is 21.1. The van der Waals surface area contributed by atoms with E-state index in [-0.39, 0.29) is 34.0 Å². The van der Waals surface area contributed by atoms with Crippen molar-refractivity contribution in [1.29, 1.82) is 0 Å². The van der Waals surface area contributed by atoms with E-state index in [1.807, 2.05) is 24.3 Å². The van der Waals surface area contributed by atoms with Crippen LogP contribution in [0.4, 0.5) is 10.2 Å². The monoisotopic (exact) mass is 518 g/mol. The largest absolute Gasteiger partial charge is 0.508 e. The van der Waals surface area contributed by atoms with Crippen molar-refractivity contribution in [2.75, 3.05) is 18.0 Å². The first kappa shape index (κ1) is 23.0. The first-order valence-electron chi connectivity index (χ1n) is 13.1. The van der Waals surface area contributed by atoms with E-state index in [1.54, 1.807) is 18.2 Å².